The van der Waals surface area contributed by atoms with Crippen molar-refractivity contribution in [3.05, 3.63) is 57.2 Å². The van der Waals surface area contributed by atoms with Gasteiger partial charge in [-0.1, -0.05) is 6.92 Å². The number of hydrogen-bond donors (Lipinski definition) is 0. The van der Waals surface area contributed by atoms with Gasteiger partial charge in [0.2, 0.25) is 5.78 Å². The number of benzene rings is 1. The van der Waals surface area contributed by atoms with Gasteiger partial charge in [-0.25, -0.2) is 4.39 Å². The Hall–Kier alpha value is -1.94. The van der Waals surface area contributed by atoms with E-state index in [1.807, 2.05) is 12.1 Å². The minimum atomic E-state index is -0.323. The molecule has 0 N–H and O–H groups in total. The van der Waals surface area contributed by atoms with E-state index in [1.165, 1.54) is 17.0 Å². The Labute approximate surface area is 126 Å². The zero-order valence-electron chi connectivity index (χ0n) is 11.9. The van der Waals surface area contributed by atoms with Gasteiger partial charge in [0.05, 0.1) is 0 Å². The Morgan fingerprint density at radius 2 is 2.00 bits per heavy atom. The molecule has 1 aromatic carbocycles. The molecule has 0 fully saturated rings. The third-order valence-electron chi connectivity index (χ3n) is 3.55. The first kappa shape index (κ1) is 14.0. The molecule has 0 bridgehead atoms. The number of thiophene rings is 1. The van der Waals surface area contributed by atoms with Gasteiger partial charge in [0.15, 0.2) is 5.76 Å². The fourth-order valence-electron chi connectivity index (χ4n) is 2.40. The number of carbonyl (C=O) groups excluding carboxylic acids is 1. The molecule has 108 valence electrons. The van der Waals surface area contributed by atoms with Crippen molar-refractivity contribution in [1.82, 2.24) is 0 Å². The summed E-state index contributed by atoms with van der Waals surface area (Å²) in [5.41, 5.74) is 1.26. The van der Waals surface area contributed by atoms with Crippen LogP contribution in [0.5, 0.6) is 0 Å². The number of aryl methyl sites for hydroxylation is 2. The highest BCUT2D eigenvalue weighted by Gasteiger charge is 2.18. The van der Waals surface area contributed by atoms with Crippen molar-refractivity contribution in [1.29, 1.82) is 0 Å². The fraction of sp³-hybridized carbons (Fsp3) is 0.235. The lowest BCUT2D eigenvalue weighted by Gasteiger charge is -1.96. The largest absolute Gasteiger partial charge is 0.453 e. The summed E-state index contributed by atoms with van der Waals surface area (Å²) in [4.78, 5) is 14.7. The van der Waals surface area contributed by atoms with Crippen molar-refractivity contribution in [2.75, 3.05) is 0 Å². The number of furan rings is 1. The second kappa shape index (κ2) is 5.45. The summed E-state index contributed by atoms with van der Waals surface area (Å²) >= 11 is 1.65. The minimum absolute atomic E-state index is 0.0615. The van der Waals surface area contributed by atoms with E-state index < -0.39 is 0 Å². The molecule has 0 radical (unpaired) electrons. The van der Waals surface area contributed by atoms with Gasteiger partial charge in [0.25, 0.3) is 0 Å². The zero-order chi connectivity index (χ0) is 15.0. The summed E-state index contributed by atoms with van der Waals surface area (Å²) in [5, 5.41) is 0.666. The fourth-order valence-corrected chi connectivity index (χ4v) is 3.36. The molecule has 0 amide bonds. The standard InChI is InChI=1S/C17H15FO2S/c1-3-12-5-6-13(21-12)9-15(19)17-10(2)14-8-11(18)4-7-16(14)20-17/h4-8H,3,9H2,1-2H3. The molecule has 0 atom stereocenters. The van der Waals surface area contributed by atoms with Crippen molar-refractivity contribution < 1.29 is 13.6 Å². The number of hydrogen-bond acceptors (Lipinski definition) is 3. The summed E-state index contributed by atoms with van der Waals surface area (Å²) in [6.45, 7) is 3.89. The van der Waals surface area contributed by atoms with Crippen LogP contribution in [0.25, 0.3) is 11.0 Å². The molecule has 2 heterocycles. The van der Waals surface area contributed by atoms with Gasteiger partial charge in [0, 0.05) is 27.1 Å². The van der Waals surface area contributed by atoms with Gasteiger partial charge in [-0.05, 0) is 43.7 Å². The van der Waals surface area contributed by atoms with Crippen LogP contribution in [0.15, 0.2) is 34.7 Å². The van der Waals surface area contributed by atoms with Crippen molar-refractivity contribution >= 4 is 28.1 Å². The van der Waals surface area contributed by atoms with Gasteiger partial charge < -0.3 is 4.42 Å². The minimum Gasteiger partial charge on any atom is -0.453 e. The van der Waals surface area contributed by atoms with Crippen molar-refractivity contribution in [2.45, 2.75) is 26.7 Å². The molecule has 0 aliphatic rings. The molecule has 0 saturated carbocycles. The van der Waals surface area contributed by atoms with Crippen LogP contribution in [0.1, 0.15) is 32.8 Å². The Morgan fingerprint density at radius 1 is 1.24 bits per heavy atom. The maximum absolute atomic E-state index is 13.3. The Balaban J connectivity index is 1.92. The Kier molecular flexibility index (Phi) is 3.64. The Morgan fingerprint density at radius 3 is 2.71 bits per heavy atom. The van der Waals surface area contributed by atoms with Crippen molar-refractivity contribution in [2.24, 2.45) is 0 Å². The van der Waals surface area contributed by atoms with Crippen LogP contribution in [-0.2, 0) is 12.8 Å². The van der Waals surface area contributed by atoms with Crippen LogP contribution < -0.4 is 0 Å². The monoisotopic (exact) mass is 302 g/mol. The van der Waals surface area contributed by atoms with E-state index in [2.05, 4.69) is 6.92 Å². The van der Waals surface area contributed by atoms with E-state index in [0.717, 1.165) is 11.3 Å². The first-order valence-electron chi connectivity index (χ1n) is 6.88. The third kappa shape index (κ3) is 2.63. The summed E-state index contributed by atoms with van der Waals surface area (Å²) in [6.07, 6.45) is 1.30. The van der Waals surface area contributed by atoms with E-state index in [0.29, 0.717) is 28.7 Å². The van der Waals surface area contributed by atoms with Crippen LogP contribution in [0.3, 0.4) is 0 Å². The number of ketones is 1. The number of carbonyl (C=O) groups is 1. The molecule has 2 nitrogen and oxygen atoms in total. The third-order valence-corrected chi connectivity index (χ3v) is 4.78. The summed E-state index contributed by atoms with van der Waals surface area (Å²) in [6, 6.07) is 8.35. The molecule has 0 aliphatic carbocycles. The van der Waals surface area contributed by atoms with E-state index in [-0.39, 0.29) is 11.6 Å². The zero-order valence-corrected chi connectivity index (χ0v) is 12.7. The van der Waals surface area contributed by atoms with Gasteiger partial charge in [0.1, 0.15) is 11.4 Å². The van der Waals surface area contributed by atoms with Gasteiger partial charge in [-0.15, -0.1) is 11.3 Å². The molecule has 0 unspecified atom stereocenters. The highest BCUT2D eigenvalue weighted by Crippen LogP contribution is 2.28. The van der Waals surface area contributed by atoms with E-state index >= 15 is 0 Å². The predicted molar refractivity (Wildman–Crippen MR) is 82.6 cm³/mol. The van der Waals surface area contributed by atoms with Gasteiger partial charge >= 0.3 is 0 Å². The molecular weight excluding hydrogens is 287 g/mol. The average molecular weight is 302 g/mol. The maximum Gasteiger partial charge on any atom is 0.203 e. The van der Waals surface area contributed by atoms with E-state index in [9.17, 15) is 9.18 Å². The highest BCUT2D eigenvalue weighted by molar-refractivity contribution is 7.12. The SMILES string of the molecule is CCc1ccc(CC(=O)c2oc3ccc(F)cc3c2C)s1. The quantitative estimate of drug-likeness (QED) is 0.640. The molecule has 21 heavy (non-hydrogen) atoms. The van der Waals surface area contributed by atoms with Gasteiger partial charge in [-0.2, -0.15) is 0 Å². The topological polar surface area (TPSA) is 30.2 Å². The van der Waals surface area contributed by atoms with Crippen LogP contribution in [0.2, 0.25) is 0 Å². The first-order chi connectivity index (χ1) is 10.1. The highest BCUT2D eigenvalue weighted by atomic mass is 32.1. The second-order valence-electron chi connectivity index (χ2n) is 5.02. The maximum atomic E-state index is 13.3. The number of Topliss-reactive ketones (excluding diaryl/α,β-unsaturated/α-hetero) is 1. The molecule has 3 rings (SSSR count). The molecule has 0 aliphatic heterocycles. The summed E-state index contributed by atoms with van der Waals surface area (Å²) < 4.78 is 18.9. The molecular formula is C17H15FO2S. The first-order valence-corrected chi connectivity index (χ1v) is 7.69. The summed E-state index contributed by atoms with van der Waals surface area (Å²) in [5.74, 6) is -0.0492. The van der Waals surface area contributed by atoms with Crippen LogP contribution in [0, 0.1) is 12.7 Å². The molecule has 0 saturated heterocycles. The number of rotatable bonds is 4. The van der Waals surface area contributed by atoms with Crippen molar-refractivity contribution in [3.63, 3.8) is 0 Å². The van der Waals surface area contributed by atoms with Crippen molar-refractivity contribution in [3.8, 4) is 0 Å². The number of halogens is 1. The van der Waals surface area contributed by atoms with Crippen LogP contribution >= 0.6 is 11.3 Å². The van der Waals surface area contributed by atoms with Crippen LogP contribution in [-0.4, -0.2) is 5.78 Å². The normalized spacial score (nSPS) is 11.2. The van der Waals surface area contributed by atoms with Gasteiger partial charge in [-0.3, -0.25) is 4.79 Å². The lowest BCUT2D eigenvalue weighted by Crippen LogP contribution is -2.02. The molecule has 2 aromatic heterocycles. The van der Waals surface area contributed by atoms with E-state index in [1.54, 1.807) is 24.3 Å². The molecule has 4 heteroatoms. The second-order valence-corrected chi connectivity index (χ2v) is 6.27. The molecule has 0 spiro atoms. The smallest absolute Gasteiger partial charge is 0.203 e. The average Bonchev–Trinajstić information content (AvgIpc) is 3.04. The van der Waals surface area contributed by atoms with E-state index in [4.69, 9.17) is 4.42 Å². The Bertz CT molecular complexity index is 813. The lowest BCUT2D eigenvalue weighted by molar-refractivity contribution is 0.0968. The lowest BCUT2D eigenvalue weighted by atomic mass is 10.1. The predicted octanol–water partition coefficient (Wildman–Crippen LogP) is 4.93. The molecule has 3 aromatic rings. The number of fused-ring (bicyclic) bond motifs is 1. The van der Waals surface area contributed by atoms with Crippen LogP contribution in [0.4, 0.5) is 4.39 Å². The summed E-state index contributed by atoms with van der Waals surface area (Å²) in [7, 11) is 0.